The van der Waals surface area contributed by atoms with Gasteiger partial charge in [0.05, 0.1) is 0 Å². The van der Waals surface area contributed by atoms with Gasteiger partial charge in [-0.2, -0.15) is 0 Å². The van der Waals surface area contributed by atoms with Gasteiger partial charge in [-0.15, -0.1) is 0 Å². The summed E-state index contributed by atoms with van der Waals surface area (Å²) < 4.78 is 16.1. The first-order valence-electron chi connectivity index (χ1n) is 6.31. The van der Waals surface area contributed by atoms with Crippen LogP contribution in [0.4, 0.5) is 0 Å². The van der Waals surface area contributed by atoms with E-state index in [9.17, 15) is 0 Å². The Bertz CT molecular complexity index is 161. The van der Waals surface area contributed by atoms with Crippen LogP contribution in [0.2, 0.25) is 6.04 Å². The highest BCUT2D eigenvalue weighted by Gasteiger charge is 2.36. The van der Waals surface area contributed by atoms with Crippen molar-refractivity contribution < 1.29 is 13.3 Å². The van der Waals surface area contributed by atoms with E-state index in [0.29, 0.717) is 0 Å². The van der Waals surface area contributed by atoms with Crippen molar-refractivity contribution in [3.05, 3.63) is 0 Å². The molecular formula is C11H28N2O3Si. The van der Waals surface area contributed by atoms with E-state index in [1.165, 1.54) is 0 Å². The van der Waals surface area contributed by atoms with Crippen LogP contribution in [-0.4, -0.2) is 49.8 Å². The summed E-state index contributed by atoms with van der Waals surface area (Å²) in [5.41, 5.74) is 5.42. The monoisotopic (exact) mass is 264 g/mol. The second kappa shape index (κ2) is 11.1. The van der Waals surface area contributed by atoms with Gasteiger partial charge >= 0.3 is 8.80 Å². The summed E-state index contributed by atoms with van der Waals surface area (Å²) in [6, 6.07) is 0.876. The molecule has 0 heterocycles. The summed E-state index contributed by atoms with van der Waals surface area (Å²) >= 11 is 0. The fraction of sp³-hybridized carbons (Fsp3) is 1.00. The SMILES string of the molecule is CO[Si](CCCCNCCCCN)(OC)OC. The molecule has 0 radical (unpaired) electrons. The summed E-state index contributed by atoms with van der Waals surface area (Å²) in [6.07, 6.45) is 4.43. The number of unbranched alkanes of at least 4 members (excludes halogenated alkanes) is 2. The van der Waals surface area contributed by atoms with E-state index in [0.717, 1.165) is 51.4 Å². The Balaban J connectivity index is 3.43. The minimum atomic E-state index is -2.34. The summed E-state index contributed by atoms with van der Waals surface area (Å²) in [4.78, 5) is 0. The Labute approximate surface area is 106 Å². The summed E-state index contributed by atoms with van der Waals surface area (Å²) in [5, 5.41) is 3.40. The van der Waals surface area contributed by atoms with Gasteiger partial charge < -0.3 is 24.3 Å². The first-order valence-corrected chi connectivity index (χ1v) is 8.24. The quantitative estimate of drug-likeness (QED) is 0.406. The van der Waals surface area contributed by atoms with Gasteiger partial charge in [0.15, 0.2) is 0 Å². The predicted octanol–water partition coefficient (Wildman–Crippen LogP) is 0.973. The van der Waals surface area contributed by atoms with Crippen LogP contribution in [0.5, 0.6) is 0 Å². The van der Waals surface area contributed by atoms with Crippen LogP contribution >= 0.6 is 0 Å². The summed E-state index contributed by atoms with van der Waals surface area (Å²) in [7, 11) is 2.63. The van der Waals surface area contributed by atoms with Crippen molar-refractivity contribution in [3.63, 3.8) is 0 Å². The molecule has 0 aromatic rings. The molecule has 6 heteroatoms. The van der Waals surface area contributed by atoms with Crippen molar-refractivity contribution in [2.75, 3.05) is 41.0 Å². The molecule has 0 saturated carbocycles. The molecule has 0 amide bonds. The Hall–Kier alpha value is 0.0169. The largest absolute Gasteiger partial charge is 0.500 e. The van der Waals surface area contributed by atoms with E-state index >= 15 is 0 Å². The molecule has 0 aliphatic carbocycles. The van der Waals surface area contributed by atoms with Gasteiger partial charge in [-0.05, 0) is 45.3 Å². The van der Waals surface area contributed by atoms with Crippen molar-refractivity contribution in [2.24, 2.45) is 5.73 Å². The minimum absolute atomic E-state index is 0.783. The Kier molecular flexibility index (Phi) is 11.1. The fourth-order valence-corrected chi connectivity index (χ4v) is 3.46. The molecular weight excluding hydrogens is 236 g/mol. The maximum absolute atomic E-state index is 5.42. The standard InChI is InChI=1S/C11H28N2O3Si/c1-14-17(15-2,16-3)11-7-6-10-13-9-5-4-8-12/h13H,4-12H2,1-3H3. The van der Waals surface area contributed by atoms with E-state index in [-0.39, 0.29) is 0 Å². The Morgan fingerprint density at radius 1 is 0.882 bits per heavy atom. The predicted molar refractivity (Wildman–Crippen MR) is 72.0 cm³/mol. The van der Waals surface area contributed by atoms with Gasteiger partial charge in [0.1, 0.15) is 0 Å². The zero-order valence-electron chi connectivity index (χ0n) is 11.5. The van der Waals surface area contributed by atoms with Crippen LogP contribution in [-0.2, 0) is 13.3 Å². The number of hydrogen-bond donors (Lipinski definition) is 2. The lowest BCUT2D eigenvalue weighted by Crippen LogP contribution is -2.42. The van der Waals surface area contributed by atoms with Gasteiger partial charge in [0.2, 0.25) is 0 Å². The van der Waals surface area contributed by atoms with Crippen molar-refractivity contribution in [2.45, 2.75) is 31.7 Å². The Morgan fingerprint density at radius 3 is 1.88 bits per heavy atom. The first kappa shape index (κ1) is 17.0. The van der Waals surface area contributed by atoms with Crippen LogP contribution in [0.15, 0.2) is 0 Å². The zero-order valence-corrected chi connectivity index (χ0v) is 12.5. The van der Waals surface area contributed by atoms with Crippen LogP contribution in [0.1, 0.15) is 25.7 Å². The number of nitrogens with one attached hydrogen (secondary N) is 1. The first-order chi connectivity index (χ1) is 8.24. The lowest BCUT2D eigenvalue weighted by atomic mass is 10.3. The highest BCUT2D eigenvalue weighted by molar-refractivity contribution is 6.60. The van der Waals surface area contributed by atoms with Crippen LogP contribution < -0.4 is 11.1 Å². The van der Waals surface area contributed by atoms with Gasteiger partial charge in [-0.1, -0.05) is 0 Å². The molecule has 0 aliphatic rings. The summed E-state index contributed by atoms with van der Waals surface area (Å²) in [5.74, 6) is 0. The van der Waals surface area contributed by atoms with Crippen LogP contribution in [0, 0.1) is 0 Å². The van der Waals surface area contributed by atoms with Crippen LogP contribution in [0.3, 0.4) is 0 Å². The van der Waals surface area contributed by atoms with Gasteiger partial charge in [0, 0.05) is 27.4 Å². The van der Waals surface area contributed by atoms with Gasteiger partial charge in [0.25, 0.3) is 0 Å². The maximum atomic E-state index is 5.42. The molecule has 17 heavy (non-hydrogen) atoms. The molecule has 104 valence electrons. The van der Waals surface area contributed by atoms with E-state index in [1.54, 1.807) is 21.3 Å². The molecule has 0 fully saturated rings. The van der Waals surface area contributed by atoms with Gasteiger partial charge in [-0.3, -0.25) is 0 Å². The molecule has 0 rings (SSSR count). The second-order valence-corrected chi connectivity index (χ2v) is 7.09. The third-order valence-electron chi connectivity index (χ3n) is 2.83. The van der Waals surface area contributed by atoms with E-state index in [4.69, 9.17) is 19.0 Å². The molecule has 0 spiro atoms. The molecule has 0 aromatic carbocycles. The molecule has 5 nitrogen and oxygen atoms in total. The topological polar surface area (TPSA) is 65.7 Å². The lowest BCUT2D eigenvalue weighted by molar-refractivity contribution is 0.123. The van der Waals surface area contributed by atoms with E-state index < -0.39 is 8.80 Å². The Morgan fingerprint density at radius 2 is 1.41 bits per heavy atom. The average Bonchev–Trinajstić information content (AvgIpc) is 2.38. The molecule has 0 aliphatic heterocycles. The molecule has 0 aromatic heterocycles. The normalized spacial score (nSPS) is 12.0. The van der Waals surface area contributed by atoms with E-state index in [1.807, 2.05) is 0 Å². The van der Waals surface area contributed by atoms with Crippen molar-refractivity contribution >= 4 is 8.80 Å². The third kappa shape index (κ3) is 7.85. The highest BCUT2D eigenvalue weighted by atomic mass is 28.4. The molecule has 0 saturated heterocycles. The third-order valence-corrected chi connectivity index (χ3v) is 5.66. The molecule has 3 N–H and O–H groups in total. The second-order valence-electron chi connectivity index (χ2n) is 4.00. The van der Waals surface area contributed by atoms with Crippen molar-refractivity contribution in [3.8, 4) is 0 Å². The van der Waals surface area contributed by atoms with Crippen molar-refractivity contribution in [1.82, 2.24) is 5.32 Å². The average molecular weight is 264 g/mol. The van der Waals surface area contributed by atoms with Gasteiger partial charge in [-0.25, -0.2) is 0 Å². The number of hydrogen-bond acceptors (Lipinski definition) is 5. The van der Waals surface area contributed by atoms with Crippen LogP contribution in [0.25, 0.3) is 0 Å². The fourth-order valence-electron chi connectivity index (χ4n) is 1.67. The van der Waals surface area contributed by atoms with E-state index in [2.05, 4.69) is 5.32 Å². The molecule has 0 bridgehead atoms. The summed E-state index contributed by atoms with van der Waals surface area (Å²) in [6.45, 7) is 2.87. The smallest absolute Gasteiger partial charge is 0.377 e. The number of rotatable bonds is 12. The van der Waals surface area contributed by atoms with Crippen molar-refractivity contribution in [1.29, 1.82) is 0 Å². The molecule has 0 atom stereocenters. The highest BCUT2D eigenvalue weighted by Crippen LogP contribution is 2.15. The lowest BCUT2D eigenvalue weighted by Gasteiger charge is -2.24. The zero-order chi connectivity index (χ0) is 13.0. The number of nitrogens with two attached hydrogens (primary N) is 1. The molecule has 0 unspecified atom stereocenters. The minimum Gasteiger partial charge on any atom is -0.377 e. The maximum Gasteiger partial charge on any atom is 0.500 e.